The van der Waals surface area contributed by atoms with Gasteiger partial charge in [0.1, 0.15) is 0 Å². The van der Waals surface area contributed by atoms with E-state index in [2.05, 4.69) is 0 Å². The molecule has 1 heterocycles. The summed E-state index contributed by atoms with van der Waals surface area (Å²) < 4.78 is 0. The number of fused-ring (bicyclic) bond motifs is 1. The van der Waals surface area contributed by atoms with Crippen molar-refractivity contribution in [3.8, 4) is 0 Å². The summed E-state index contributed by atoms with van der Waals surface area (Å²) in [5, 5.41) is 19.7. The van der Waals surface area contributed by atoms with Crippen molar-refractivity contribution in [1.82, 2.24) is 5.06 Å². The van der Waals surface area contributed by atoms with Crippen molar-refractivity contribution in [1.29, 1.82) is 0 Å². The SMILES string of the molecule is O=C1C2CCCCCCCC2C(O)N1O. The zero-order valence-corrected chi connectivity index (χ0v) is 8.93. The molecular formula is C11H19NO3. The molecule has 0 aromatic carbocycles. The number of hydroxylamine groups is 2. The molecule has 2 aliphatic rings. The molecule has 0 bridgehead atoms. The molecule has 3 atom stereocenters. The second-order valence-electron chi connectivity index (χ2n) is 4.71. The van der Waals surface area contributed by atoms with Crippen LogP contribution in [0.15, 0.2) is 0 Å². The van der Waals surface area contributed by atoms with Gasteiger partial charge in [-0.2, -0.15) is 5.06 Å². The van der Waals surface area contributed by atoms with E-state index < -0.39 is 6.23 Å². The number of carbonyl (C=O) groups excluding carboxylic acids is 1. The Kier molecular flexibility index (Phi) is 3.26. The largest absolute Gasteiger partial charge is 0.371 e. The van der Waals surface area contributed by atoms with Crippen molar-refractivity contribution in [2.45, 2.75) is 51.2 Å². The number of aliphatic hydroxyl groups excluding tert-OH is 1. The first-order valence-electron chi connectivity index (χ1n) is 5.92. The van der Waals surface area contributed by atoms with E-state index in [0.29, 0.717) is 5.06 Å². The third kappa shape index (κ3) is 2.01. The Bertz CT molecular complexity index is 244. The lowest BCUT2D eigenvalue weighted by atomic mass is 9.87. The van der Waals surface area contributed by atoms with Crippen molar-refractivity contribution in [2.75, 3.05) is 0 Å². The lowest BCUT2D eigenvalue weighted by Crippen LogP contribution is -2.31. The number of nitrogens with zero attached hydrogens (tertiary/aromatic N) is 1. The summed E-state index contributed by atoms with van der Waals surface area (Å²) in [6.45, 7) is 0. The second-order valence-corrected chi connectivity index (χ2v) is 4.71. The molecule has 86 valence electrons. The number of amides is 1. The van der Waals surface area contributed by atoms with Crippen LogP contribution in [0.3, 0.4) is 0 Å². The molecule has 0 aromatic rings. The monoisotopic (exact) mass is 213 g/mol. The van der Waals surface area contributed by atoms with Gasteiger partial charge in [0.25, 0.3) is 5.91 Å². The minimum absolute atomic E-state index is 0.0550. The van der Waals surface area contributed by atoms with E-state index >= 15 is 0 Å². The summed E-state index contributed by atoms with van der Waals surface area (Å²) in [6, 6.07) is 0. The molecule has 4 nitrogen and oxygen atoms in total. The van der Waals surface area contributed by atoms with Gasteiger partial charge in [-0.25, -0.2) is 0 Å². The third-order valence-electron chi connectivity index (χ3n) is 3.75. The Morgan fingerprint density at radius 2 is 1.67 bits per heavy atom. The maximum absolute atomic E-state index is 11.6. The van der Waals surface area contributed by atoms with E-state index in [9.17, 15) is 15.1 Å². The van der Waals surface area contributed by atoms with Gasteiger partial charge in [0, 0.05) is 11.8 Å². The van der Waals surface area contributed by atoms with Gasteiger partial charge in [-0.05, 0) is 12.8 Å². The molecule has 0 radical (unpaired) electrons. The van der Waals surface area contributed by atoms with E-state index in [1.54, 1.807) is 0 Å². The average molecular weight is 213 g/mol. The molecule has 2 fully saturated rings. The first-order valence-corrected chi connectivity index (χ1v) is 5.92. The van der Waals surface area contributed by atoms with Crippen LogP contribution in [0, 0.1) is 11.8 Å². The predicted octanol–water partition coefficient (Wildman–Crippen LogP) is 1.51. The fourth-order valence-corrected chi connectivity index (χ4v) is 2.83. The van der Waals surface area contributed by atoms with Crippen molar-refractivity contribution in [3.63, 3.8) is 0 Å². The normalized spacial score (nSPS) is 38.1. The molecular weight excluding hydrogens is 194 g/mol. The molecule has 2 rings (SSSR count). The fourth-order valence-electron chi connectivity index (χ4n) is 2.83. The van der Waals surface area contributed by atoms with Gasteiger partial charge in [0.15, 0.2) is 6.23 Å². The summed E-state index contributed by atoms with van der Waals surface area (Å²) >= 11 is 0. The Morgan fingerprint density at radius 3 is 2.40 bits per heavy atom. The molecule has 1 amide bonds. The van der Waals surface area contributed by atoms with Crippen LogP contribution in [-0.4, -0.2) is 27.5 Å². The van der Waals surface area contributed by atoms with Crippen molar-refractivity contribution in [2.24, 2.45) is 11.8 Å². The molecule has 0 aromatic heterocycles. The van der Waals surface area contributed by atoms with Gasteiger partial charge in [0.05, 0.1) is 0 Å². The van der Waals surface area contributed by atoms with Crippen LogP contribution < -0.4 is 0 Å². The molecule has 2 N–H and O–H groups in total. The van der Waals surface area contributed by atoms with Crippen LogP contribution in [0.1, 0.15) is 44.9 Å². The van der Waals surface area contributed by atoms with Crippen molar-refractivity contribution < 1.29 is 15.1 Å². The maximum Gasteiger partial charge on any atom is 0.251 e. The highest BCUT2D eigenvalue weighted by molar-refractivity contribution is 5.80. The number of hydrogen-bond donors (Lipinski definition) is 2. The van der Waals surface area contributed by atoms with E-state index in [-0.39, 0.29) is 17.7 Å². The van der Waals surface area contributed by atoms with E-state index in [1.807, 2.05) is 0 Å². The van der Waals surface area contributed by atoms with Crippen LogP contribution in [-0.2, 0) is 4.79 Å². The number of aliphatic hydroxyl groups is 1. The lowest BCUT2D eigenvalue weighted by Gasteiger charge is -2.18. The van der Waals surface area contributed by atoms with Gasteiger partial charge in [0.2, 0.25) is 0 Å². The average Bonchev–Trinajstić information content (AvgIpc) is 2.51. The molecule has 0 spiro atoms. The maximum atomic E-state index is 11.6. The van der Waals surface area contributed by atoms with E-state index in [4.69, 9.17) is 0 Å². The summed E-state index contributed by atoms with van der Waals surface area (Å²) in [5.41, 5.74) is 0. The van der Waals surface area contributed by atoms with Crippen molar-refractivity contribution >= 4 is 5.91 Å². The molecule has 1 aliphatic heterocycles. The summed E-state index contributed by atoms with van der Waals surface area (Å²) in [5.74, 6) is -0.488. The highest BCUT2D eigenvalue weighted by Crippen LogP contribution is 2.37. The van der Waals surface area contributed by atoms with Gasteiger partial charge >= 0.3 is 0 Å². The quantitative estimate of drug-likeness (QED) is 0.600. The number of rotatable bonds is 0. The van der Waals surface area contributed by atoms with Gasteiger partial charge in [-0.3, -0.25) is 10.0 Å². The minimum atomic E-state index is -0.972. The van der Waals surface area contributed by atoms with Crippen LogP contribution >= 0.6 is 0 Å². The zero-order valence-electron chi connectivity index (χ0n) is 8.93. The first-order chi connectivity index (χ1) is 7.22. The lowest BCUT2D eigenvalue weighted by molar-refractivity contribution is -0.195. The Balaban J connectivity index is 2.10. The standard InChI is InChI=1S/C11H19NO3/c13-10-8-6-4-2-1-3-5-7-9(8)11(14)12(10)15/h8-10,13,15H,1-7H2. The fraction of sp³-hybridized carbons (Fsp3) is 0.909. The van der Waals surface area contributed by atoms with Crippen LogP contribution in [0.25, 0.3) is 0 Å². The van der Waals surface area contributed by atoms with Crippen LogP contribution in [0.4, 0.5) is 0 Å². The Hall–Kier alpha value is -0.610. The summed E-state index contributed by atoms with van der Waals surface area (Å²) in [6.07, 6.45) is 6.36. The first kappa shape index (κ1) is 10.9. The van der Waals surface area contributed by atoms with Gasteiger partial charge in [-0.15, -0.1) is 0 Å². The molecule has 1 saturated carbocycles. The highest BCUT2D eigenvalue weighted by atomic mass is 16.5. The Labute approximate surface area is 89.8 Å². The van der Waals surface area contributed by atoms with Gasteiger partial charge in [-0.1, -0.05) is 32.1 Å². The molecule has 1 aliphatic carbocycles. The molecule has 1 saturated heterocycles. The molecule has 3 unspecified atom stereocenters. The minimum Gasteiger partial charge on any atom is -0.371 e. The van der Waals surface area contributed by atoms with Crippen molar-refractivity contribution in [3.05, 3.63) is 0 Å². The highest BCUT2D eigenvalue weighted by Gasteiger charge is 2.46. The zero-order chi connectivity index (χ0) is 10.8. The van der Waals surface area contributed by atoms with E-state index in [1.165, 1.54) is 12.8 Å². The van der Waals surface area contributed by atoms with E-state index in [0.717, 1.165) is 32.1 Å². The topological polar surface area (TPSA) is 60.8 Å². The molecule has 15 heavy (non-hydrogen) atoms. The summed E-state index contributed by atoms with van der Waals surface area (Å²) in [7, 11) is 0. The smallest absolute Gasteiger partial charge is 0.251 e. The van der Waals surface area contributed by atoms with Gasteiger partial charge < -0.3 is 5.11 Å². The molecule has 4 heteroatoms. The number of hydrogen-bond acceptors (Lipinski definition) is 3. The third-order valence-corrected chi connectivity index (χ3v) is 3.75. The number of carbonyl (C=O) groups is 1. The predicted molar refractivity (Wildman–Crippen MR) is 53.9 cm³/mol. The van der Waals surface area contributed by atoms with Crippen LogP contribution in [0.2, 0.25) is 0 Å². The Morgan fingerprint density at radius 1 is 1.07 bits per heavy atom. The van der Waals surface area contributed by atoms with Crippen LogP contribution in [0.5, 0.6) is 0 Å². The second kappa shape index (κ2) is 4.49. The summed E-state index contributed by atoms with van der Waals surface area (Å²) in [4.78, 5) is 11.6.